The van der Waals surface area contributed by atoms with Gasteiger partial charge in [-0.2, -0.15) is 11.8 Å². The van der Waals surface area contributed by atoms with Crippen LogP contribution >= 0.6 is 11.8 Å². The monoisotopic (exact) mass is 328 g/mol. The van der Waals surface area contributed by atoms with Gasteiger partial charge in [0.15, 0.2) is 0 Å². The van der Waals surface area contributed by atoms with E-state index in [1.165, 1.54) is 6.42 Å². The predicted octanol–water partition coefficient (Wildman–Crippen LogP) is 3.07. The number of anilines is 1. The van der Waals surface area contributed by atoms with Gasteiger partial charge in [-0.1, -0.05) is 25.0 Å². The zero-order chi connectivity index (χ0) is 15.3. The normalized spacial score (nSPS) is 23.0. The largest absolute Gasteiger partial charge is 0.384 e. The smallest absolute Gasteiger partial charge is 0.242 e. The number of hydrogen-bond acceptors (Lipinski definition) is 4. The van der Waals surface area contributed by atoms with E-state index >= 15 is 0 Å². The molecule has 0 spiro atoms. The summed E-state index contributed by atoms with van der Waals surface area (Å²) in [5.41, 5.74) is 0.670. The summed E-state index contributed by atoms with van der Waals surface area (Å²) < 4.78 is 28.3. The number of sulfonamides is 1. The zero-order valence-electron chi connectivity index (χ0n) is 12.6. The van der Waals surface area contributed by atoms with Gasteiger partial charge in [0.2, 0.25) is 10.0 Å². The van der Waals surface area contributed by atoms with E-state index in [0.29, 0.717) is 22.4 Å². The summed E-state index contributed by atoms with van der Waals surface area (Å²) in [6, 6.07) is 7.13. The lowest BCUT2D eigenvalue weighted by molar-refractivity contribution is 0.423. The molecule has 0 aromatic heterocycles. The van der Waals surface area contributed by atoms with Crippen molar-refractivity contribution in [2.75, 3.05) is 18.1 Å². The van der Waals surface area contributed by atoms with Crippen molar-refractivity contribution < 1.29 is 8.42 Å². The van der Waals surface area contributed by atoms with Gasteiger partial charge in [-0.25, -0.2) is 13.1 Å². The Morgan fingerprint density at radius 2 is 1.95 bits per heavy atom. The number of nitrogens with one attached hydrogen (secondary N) is 2. The van der Waals surface area contributed by atoms with E-state index in [9.17, 15) is 8.42 Å². The highest BCUT2D eigenvalue weighted by molar-refractivity contribution is 7.99. The fourth-order valence-corrected chi connectivity index (χ4v) is 5.33. The Morgan fingerprint density at radius 3 is 2.67 bits per heavy atom. The number of rotatable bonds is 6. The summed E-state index contributed by atoms with van der Waals surface area (Å²) in [5, 5.41) is 3.50. The minimum absolute atomic E-state index is 0.0356. The Hall–Kier alpha value is -0.720. The summed E-state index contributed by atoms with van der Waals surface area (Å²) in [6.45, 7) is 2.66. The molecule has 0 bridgehead atoms. The molecular weight excluding hydrogens is 304 g/mol. The van der Waals surface area contributed by atoms with Crippen molar-refractivity contribution in [3.8, 4) is 0 Å². The molecule has 1 aromatic carbocycles. The Morgan fingerprint density at radius 1 is 1.24 bits per heavy atom. The number of thioether (sulfide) groups is 1. The molecule has 4 nitrogen and oxygen atoms in total. The van der Waals surface area contributed by atoms with Crippen molar-refractivity contribution in [1.29, 1.82) is 0 Å². The molecule has 2 rings (SSSR count). The molecule has 1 fully saturated rings. The van der Waals surface area contributed by atoms with Crippen LogP contribution in [0.15, 0.2) is 29.2 Å². The molecule has 0 heterocycles. The van der Waals surface area contributed by atoms with E-state index in [1.807, 2.05) is 19.1 Å². The molecule has 2 atom stereocenters. The number of benzene rings is 1. The van der Waals surface area contributed by atoms with Gasteiger partial charge in [0.05, 0.1) is 5.69 Å². The molecule has 6 heteroatoms. The lowest BCUT2D eigenvalue weighted by Crippen LogP contribution is -2.43. The summed E-state index contributed by atoms with van der Waals surface area (Å²) in [4.78, 5) is 0.345. The summed E-state index contributed by atoms with van der Waals surface area (Å²) in [6.07, 6.45) is 6.36. The zero-order valence-corrected chi connectivity index (χ0v) is 14.3. The van der Waals surface area contributed by atoms with Crippen molar-refractivity contribution in [3.05, 3.63) is 24.3 Å². The Kier molecular flexibility index (Phi) is 5.96. The van der Waals surface area contributed by atoms with Crippen molar-refractivity contribution in [2.24, 2.45) is 0 Å². The molecule has 1 saturated carbocycles. The van der Waals surface area contributed by atoms with Gasteiger partial charge in [0.1, 0.15) is 4.90 Å². The fraction of sp³-hybridized carbons (Fsp3) is 0.600. The third kappa shape index (κ3) is 4.14. The van der Waals surface area contributed by atoms with E-state index in [4.69, 9.17) is 0 Å². The Bertz CT molecular complexity index is 561. The topological polar surface area (TPSA) is 58.2 Å². The van der Waals surface area contributed by atoms with Crippen LogP contribution in [0, 0.1) is 0 Å². The highest BCUT2D eigenvalue weighted by Gasteiger charge is 2.29. The molecule has 2 unspecified atom stereocenters. The van der Waals surface area contributed by atoms with Crippen LogP contribution in [0.1, 0.15) is 32.6 Å². The predicted molar refractivity (Wildman–Crippen MR) is 90.5 cm³/mol. The molecule has 0 radical (unpaired) electrons. The second-order valence-electron chi connectivity index (χ2n) is 5.31. The van der Waals surface area contributed by atoms with Gasteiger partial charge in [0.25, 0.3) is 0 Å². The van der Waals surface area contributed by atoms with Gasteiger partial charge in [-0.3, -0.25) is 0 Å². The van der Waals surface area contributed by atoms with E-state index < -0.39 is 10.0 Å². The van der Waals surface area contributed by atoms with E-state index in [-0.39, 0.29) is 6.04 Å². The van der Waals surface area contributed by atoms with Crippen LogP contribution in [0.3, 0.4) is 0 Å². The van der Waals surface area contributed by atoms with Crippen molar-refractivity contribution in [1.82, 2.24) is 4.72 Å². The number of para-hydroxylation sites is 1. The first kappa shape index (κ1) is 16.6. The van der Waals surface area contributed by atoms with Crippen molar-refractivity contribution >= 4 is 27.5 Å². The summed E-state index contributed by atoms with van der Waals surface area (Å²) in [7, 11) is -3.48. The molecule has 1 aliphatic rings. The molecule has 1 aliphatic carbocycles. The third-order valence-electron chi connectivity index (χ3n) is 3.86. The van der Waals surface area contributed by atoms with Crippen molar-refractivity contribution in [2.45, 2.75) is 48.8 Å². The van der Waals surface area contributed by atoms with E-state index in [0.717, 1.165) is 19.3 Å². The molecule has 2 N–H and O–H groups in total. The average molecular weight is 329 g/mol. The second-order valence-corrected chi connectivity index (χ2v) is 8.07. The Balaban J connectivity index is 2.21. The maximum Gasteiger partial charge on any atom is 0.242 e. The number of hydrogen-bond donors (Lipinski definition) is 2. The average Bonchev–Trinajstić information content (AvgIpc) is 2.48. The molecule has 118 valence electrons. The van der Waals surface area contributed by atoms with Gasteiger partial charge < -0.3 is 5.32 Å². The van der Waals surface area contributed by atoms with Gasteiger partial charge in [0, 0.05) is 17.8 Å². The molecule has 0 amide bonds. The lowest BCUT2D eigenvalue weighted by atomic mass is 9.96. The van der Waals surface area contributed by atoms with Crippen LogP contribution in [0.4, 0.5) is 5.69 Å². The maximum absolute atomic E-state index is 12.7. The van der Waals surface area contributed by atoms with Crippen LogP contribution in [0.25, 0.3) is 0 Å². The van der Waals surface area contributed by atoms with Crippen LogP contribution in [0.5, 0.6) is 0 Å². The quantitative estimate of drug-likeness (QED) is 0.842. The van der Waals surface area contributed by atoms with Gasteiger partial charge >= 0.3 is 0 Å². The van der Waals surface area contributed by atoms with Crippen LogP contribution in [-0.2, 0) is 10.0 Å². The van der Waals surface area contributed by atoms with Crippen molar-refractivity contribution in [3.63, 3.8) is 0 Å². The molecular formula is C15H24N2O2S2. The lowest BCUT2D eigenvalue weighted by Gasteiger charge is -2.30. The second kappa shape index (κ2) is 7.51. The minimum Gasteiger partial charge on any atom is -0.384 e. The fourth-order valence-electron chi connectivity index (χ4n) is 2.81. The van der Waals surface area contributed by atoms with Gasteiger partial charge in [-0.15, -0.1) is 0 Å². The van der Waals surface area contributed by atoms with E-state index in [1.54, 1.807) is 23.9 Å². The Labute approximate surface area is 132 Å². The maximum atomic E-state index is 12.7. The summed E-state index contributed by atoms with van der Waals surface area (Å²) >= 11 is 1.76. The molecule has 0 saturated heterocycles. The first-order valence-corrected chi connectivity index (χ1v) is 10.2. The molecule has 1 aromatic rings. The van der Waals surface area contributed by atoms with E-state index in [2.05, 4.69) is 16.3 Å². The first-order chi connectivity index (χ1) is 10.1. The molecule has 21 heavy (non-hydrogen) atoms. The van der Waals surface area contributed by atoms with Gasteiger partial charge in [-0.05, 0) is 38.2 Å². The first-order valence-electron chi connectivity index (χ1n) is 7.46. The van der Waals surface area contributed by atoms with Crippen LogP contribution in [0.2, 0.25) is 0 Å². The van der Waals surface area contributed by atoms with Crippen LogP contribution < -0.4 is 10.0 Å². The SMILES string of the molecule is CCNc1ccccc1S(=O)(=O)NC1CCCCC1SC. The molecule has 0 aliphatic heterocycles. The standard InChI is InChI=1S/C15H24N2O2S2/c1-3-16-13-9-5-7-11-15(13)21(18,19)17-12-8-4-6-10-14(12)20-2/h5,7,9,11-12,14,16-17H,3-4,6,8,10H2,1-2H3. The highest BCUT2D eigenvalue weighted by atomic mass is 32.2. The highest BCUT2D eigenvalue weighted by Crippen LogP contribution is 2.29. The summed E-state index contributed by atoms with van der Waals surface area (Å²) in [5.74, 6) is 0. The minimum atomic E-state index is -3.48. The third-order valence-corrected chi connectivity index (χ3v) is 6.57. The van der Waals surface area contributed by atoms with Crippen LogP contribution in [-0.4, -0.2) is 32.5 Å².